The number of nitrogens with zero attached hydrogens (tertiary/aromatic N) is 2. The Kier molecular flexibility index (Phi) is 3.89. The van der Waals surface area contributed by atoms with E-state index >= 15 is 0 Å². The van der Waals surface area contributed by atoms with E-state index in [9.17, 15) is 5.11 Å². The van der Waals surface area contributed by atoms with Gasteiger partial charge in [0.25, 0.3) is 0 Å². The average molecular weight is 267 g/mol. The molecule has 0 fully saturated rings. The number of rotatable bonds is 4. The Hall–Kier alpha value is -1.52. The zero-order chi connectivity index (χ0) is 13.1. The Bertz CT molecular complexity index is 522. The normalized spacial score (nSPS) is 12.4. The lowest BCUT2D eigenvalue weighted by Gasteiger charge is -2.13. The molecule has 0 saturated carbocycles. The summed E-state index contributed by atoms with van der Waals surface area (Å²) in [6.45, 7) is 2.25. The van der Waals surface area contributed by atoms with Crippen molar-refractivity contribution in [2.45, 2.75) is 19.6 Å². The van der Waals surface area contributed by atoms with Gasteiger partial charge in [0.2, 0.25) is 0 Å². The number of halogens is 1. The van der Waals surface area contributed by atoms with E-state index in [1.54, 1.807) is 18.0 Å². The van der Waals surface area contributed by atoms with Gasteiger partial charge in [0, 0.05) is 0 Å². The second kappa shape index (κ2) is 5.42. The number of aliphatic hydroxyl groups excluding tert-OH is 1. The van der Waals surface area contributed by atoms with Gasteiger partial charge < -0.3 is 9.84 Å². The van der Waals surface area contributed by atoms with Crippen LogP contribution >= 0.6 is 11.6 Å². The zero-order valence-corrected chi connectivity index (χ0v) is 11.1. The van der Waals surface area contributed by atoms with Crippen LogP contribution in [0.3, 0.4) is 0 Å². The predicted molar refractivity (Wildman–Crippen MR) is 69.9 cm³/mol. The van der Waals surface area contributed by atoms with Gasteiger partial charge in [0.15, 0.2) is 0 Å². The largest absolute Gasteiger partial charge is 0.497 e. The molecule has 1 aromatic carbocycles. The first kappa shape index (κ1) is 12.9. The smallest absolute Gasteiger partial charge is 0.118 e. The van der Waals surface area contributed by atoms with Crippen molar-refractivity contribution >= 4 is 11.6 Å². The number of hydrogen-bond acceptors (Lipinski definition) is 3. The number of ether oxygens (including phenoxy) is 1. The van der Waals surface area contributed by atoms with E-state index in [2.05, 4.69) is 5.10 Å². The lowest BCUT2D eigenvalue weighted by Crippen LogP contribution is -2.11. The Balaban J connectivity index is 2.11. The first-order chi connectivity index (χ1) is 8.61. The van der Waals surface area contributed by atoms with Crippen LogP contribution in [0.1, 0.15) is 17.4 Å². The molecule has 1 unspecified atom stereocenters. The number of benzene rings is 1. The van der Waals surface area contributed by atoms with Crippen LogP contribution in [-0.2, 0) is 6.54 Å². The van der Waals surface area contributed by atoms with E-state index in [-0.39, 0.29) is 0 Å². The standard InChI is InChI=1S/C13H15ClN2O2/c1-9-12(14)7-15-16(9)8-13(17)10-3-5-11(18-2)6-4-10/h3-7,13,17H,8H2,1-2H3. The van der Waals surface area contributed by atoms with Crippen molar-refractivity contribution in [2.24, 2.45) is 0 Å². The van der Waals surface area contributed by atoms with Crippen LogP contribution in [0.5, 0.6) is 5.75 Å². The molecule has 0 saturated heterocycles. The van der Waals surface area contributed by atoms with Crippen LogP contribution < -0.4 is 4.74 Å². The van der Waals surface area contributed by atoms with Gasteiger partial charge in [-0.2, -0.15) is 5.10 Å². The van der Waals surface area contributed by atoms with Crippen molar-refractivity contribution in [1.29, 1.82) is 0 Å². The molecule has 0 amide bonds. The second-order valence-corrected chi connectivity index (χ2v) is 4.46. The predicted octanol–water partition coefficient (Wildman–Crippen LogP) is 2.59. The second-order valence-electron chi connectivity index (χ2n) is 4.05. The monoisotopic (exact) mass is 266 g/mol. The molecule has 2 rings (SSSR count). The molecule has 0 bridgehead atoms. The Morgan fingerprint density at radius 3 is 2.56 bits per heavy atom. The highest BCUT2D eigenvalue weighted by Crippen LogP contribution is 2.21. The minimum absolute atomic E-state index is 0.380. The summed E-state index contributed by atoms with van der Waals surface area (Å²) < 4.78 is 6.76. The van der Waals surface area contributed by atoms with Crippen LogP contribution in [-0.4, -0.2) is 22.0 Å². The molecule has 5 heteroatoms. The fourth-order valence-corrected chi connectivity index (χ4v) is 1.84. The van der Waals surface area contributed by atoms with Gasteiger partial charge in [-0.3, -0.25) is 4.68 Å². The summed E-state index contributed by atoms with van der Waals surface area (Å²) in [5.41, 5.74) is 1.67. The molecular formula is C13H15ClN2O2. The maximum absolute atomic E-state index is 10.1. The number of hydrogen-bond donors (Lipinski definition) is 1. The van der Waals surface area contributed by atoms with Crippen molar-refractivity contribution in [3.8, 4) is 5.75 Å². The number of aromatic nitrogens is 2. The van der Waals surface area contributed by atoms with Crippen molar-refractivity contribution in [2.75, 3.05) is 7.11 Å². The maximum atomic E-state index is 10.1. The molecule has 18 heavy (non-hydrogen) atoms. The van der Waals surface area contributed by atoms with Gasteiger partial charge in [0.1, 0.15) is 5.75 Å². The number of aliphatic hydroxyl groups is 1. The molecule has 1 atom stereocenters. The molecule has 0 spiro atoms. The Labute approximate surface area is 111 Å². The molecule has 0 aliphatic heterocycles. The first-order valence-corrected chi connectivity index (χ1v) is 5.99. The lowest BCUT2D eigenvalue weighted by molar-refractivity contribution is 0.150. The fraction of sp³-hybridized carbons (Fsp3) is 0.308. The van der Waals surface area contributed by atoms with Crippen molar-refractivity contribution in [1.82, 2.24) is 9.78 Å². The summed E-state index contributed by atoms with van der Waals surface area (Å²) in [7, 11) is 1.61. The van der Waals surface area contributed by atoms with E-state index in [0.29, 0.717) is 11.6 Å². The minimum Gasteiger partial charge on any atom is -0.497 e. The molecule has 1 heterocycles. The highest BCUT2D eigenvalue weighted by molar-refractivity contribution is 6.31. The van der Waals surface area contributed by atoms with Crippen LogP contribution in [0.15, 0.2) is 30.5 Å². The quantitative estimate of drug-likeness (QED) is 0.925. The van der Waals surface area contributed by atoms with Crippen molar-refractivity contribution in [3.63, 3.8) is 0 Å². The highest BCUT2D eigenvalue weighted by atomic mass is 35.5. The van der Waals surface area contributed by atoms with E-state index in [0.717, 1.165) is 17.0 Å². The van der Waals surface area contributed by atoms with E-state index in [4.69, 9.17) is 16.3 Å². The maximum Gasteiger partial charge on any atom is 0.118 e. The van der Waals surface area contributed by atoms with Crippen LogP contribution in [0.25, 0.3) is 0 Å². The molecule has 0 aliphatic rings. The molecule has 1 N–H and O–H groups in total. The Morgan fingerprint density at radius 1 is 1.39 bits per heavy atom. The van der Waals surface area contributed by atoms with Gasteiger partial charge in [-0.1, -0.05) is 23.7 Å². The van der Waals surface area contributed by atoms with E-state index < -0.39 is 6.10 Å². The number of methoxy groups -OCH3 is 1. The molecule has 0 aliphatic carbocycles. The minimum atomic E-state index is -0.620. The van der Waals surface area contributed by atoms with Crippen LogP contribution in [0.2, 0.25) is 5.02 Å². The van der Waals surface area contributed by atoms with E-state index in [1.807, 2.05) is 31.2 Å². The van der Waals surface area contributed by atoms with Crippen molar-refractivity contribution in [3.05, 3.63) is 46.7 Å². The van der Waals surface area contributed by atoms with Crippen LogP contribution in [0.4, 0.5) is 0 Å². The third kappa shape index (κ3) is 2.66. The van der Waals surface area contributed by atoms with Crippen molar-refractivity contribution < 1.29 is 9.84 Å². The fourth-order valence-electron chi connectivity index (χ4n) is 1.70. The third-order valence-corrected chi connectivity index (χ3v) is 3.26. The SMILES string of the molecule is COc1ccc(C(O)Cn2ncc(Cl)c2C)cc1. The van der Waals surface area contributed by atoms with E-state index in [1.165, 1.54) is 0 Å². The lowest BCUT2D eigenvalue weighted by atomic mass is 10.1. The Morgan fingerprint density at radius 2 is 2.06 bits per heavy atom. The van der Waals surface area contributed by atoms with Gasteiger partial charge in [-0.15, -0.1) is 0 Å². The molecule has 0 radical (unpaired) electrons. The summed E-state index contributed by atoms with van der Waals surface area (Å²) >= 11 is 5.92. The average Bonchev–Trinajstić information content (AvgIpc) is 2.71. The molecule has 1 aromatic heterocycles. The van der Waals surface area contributed by atoms with Gasteiger partial charge >= 0.3 is 0 Å². The molecule has 2 aromatic rings. The summed E-state index contributed by atoms with van der Waals surface area (Å²) in [5.74, 6) is 0.768. The highest BCUT2D eigenvalue weighted by Gasteiger charge is 2.11. The summed E-state index contributed by atoms with van der Waals surface area (Å²) in [5, 5.41) is 14.8. The molecular weight excluding hydrogens is 252 g/mol. The molecule has 96 valence electrons. The summed E-state index contributed by atoms with van der Waals surface area (Å²) in [6.07, 6.45) is 0.961. The topological polar surface area (TPSA) is 47.3 Å². The van der Waals surface area contributed by atoms with Gasteiger partial charge in [0.05, 0.1) is 36.7 Å². The van der Waals surface area contributed by atoms with Gasteiger partial charge in [-0.25, -0.2) is 0 Å². The van der Waals surface area contributed by atoms with Crippen LogP contribution in [0, 0.1) is 6.92 Å². The first-order valence-electron chi connectivity index (χ1n) is 5.61. The summed E-state index contributed by atoms with van der Waals surface area (Å²) in [6, 6.07) is 7.32. The summed E-state index contributed by atoms with van der Waals surface area (Å²) in [4.78, 5) is 0. The molecule has 4 nitrogen and oxygen atoms in total. The van der Waals surface area contributed by atoms with Gasteiger partial charge in [-0.05, 0) is 24.6 Å². The zero-order valence-electron chi connectivity index (χ0n) is 10.3. The third-order valence-electron chi connectivity index (χ3n) is 2.89.